The van der Waals surface area contributed by atoms with Gasteiger partial charge in [0.2, 0.25) is 0 Å². The first-order valence-corrected chi connectivity index (χ1v) is 10.3. The number of nitrogens with zero attached hydrogens (tertiary/aromatic N) is 2. The van der Waals surface area contributed by atoms with Gasteiger partial charge in [-0.2, -0.15) is 0 Å². The number of nitrogens with one attached hydrogen (secondary N) is 1. The van der Waals surface area contributed by atoms with Crippen molar-refractivity contribution in [3.8, 4) is 0 Å². The third-order valence-corrected chi connectivity index (χ3v) is 6.22. The Labute approximate surface area is 174 Å². The van der Waals surface area contributed by atoms with Crippen LogP contribution in [0, 0.1) is 6.92 Å². The van der Waals surface area contributed by atoms with Gasteiger partial charge < -0.3 is 10.4 Å². The molecule has 2 aromatic carbocycles. The Morgan fingerprint density at radius 3 is 2.72 bits per heavy atom. The Balaban J connectivity index is 1.49. The molecule has 0 radical (unpaired) electrons. The Morgan fingerprint density at radius 2 is 1.97 bits per heavy atom. The monoisotopic (exact) mass is 405 g/mol. The third-order valence-electron chi connectivity index (χ3n) is 5.22. The maximum Gasteiger partial charge on any atom is 0.337 e. The number of likely N-dealkylation sites (N-methyl/N-ethyl adjacent to an activating group) is 1. The maximum absolute atomic E-state index is 11.4. The molecule has 4 rings (SSSR count). The van der Waals surface area contributed by atoms with Gasteiger partial charge >= 0.3 is 5.97 Å². The molecule has 148 valence electrons. The number of pyridine rings is 1. The Morgan fingerprint density at radius 1 is 1.21 bits per heavy atom. The van der Waals surface area contributed by atoms with Gasteiger partial charge in [0.15, 0.2) is 0 Å². The van der Waals surface area contributed by atoms with Crippen molar-refractivity contribution in [2.24, 2.45) is 0 Å². The van der Waals surface area contributed by atoms with E-state index in [1.165, 1.54) is 38.7 Å². The fraction of sp³-hybridized carbons (Fsp3) is 0.217. The van der Waals surface area contributed by atoms with Gasteiger partial charge in [-0.1, -0.05) is 35.5 Å². The summed E-state index contributed by atoms with van der Waals surface area (Å²) in [7, 11) is 2.10. The van der Waals surface area contributed by atoms with Gasteiger partial charge in [-0.25, -0.2) is 4.79 Å². The number of carbonyl (C=O) groups is 1. The van der Waals surface area contributed by atoms with Crippen molar-refractivity contribution in [3.05, 3.63) is 83.2 Å². The van der Waals surface area contributed by atoms with Crippen LogP contribution in [0.1, 0.15) is 33.1 Å². The Bertz CT molecular complexity index is 1040. The summed E-state index contributed by atoms with van der Waals surface area (Å²) < 4.78 is 0. The van der Waals surface area contributed by atoms with Gasteiger partial charge in [-0.15, -0.1) is 0 Å². The zero-order valence-electron chi connectivity index (χ0n) is 16.4. The standard InChI is InChI=1S/C23H23N3O2S/c1-15-3-5-17(6-4-15)29-18-7-8-19-16(11-18)14-26(2)22(19)13-25-21-12-24-10-9-20(21)23(27)28/h3-12,22,25H,13-14H2,1-2H3,(H,27,28). The summed E-state index contributed by atoms with van der Waals surface area (Å²) in [6.45, 7) is 3.60. The maximum atomic E-state index is 11.4. The molecule has 6 heteroatoms. The number of aromatic nitrogens is 1. The molecule has 0 saturated heterocycles. The highest BCUT2D eigenvalue weighted by atomic mass is 32.2. The summed E-state index contributed by atoms with van der Waals surface area (Å²) >= 11 is 1.77. The van der Waals surface area contributed by atoms with Crippen molar-refractivity contribution in [3.63, 3.8) is 0 Å². The topological polar surface area (TPSA) is 65.5 Å². The second-order valence-corrected chi connectivity index (χ2v) is 8.46. The number of carboxylic acids is 1. The first kappa shape index (κ1) is 19.5. The molecule has 2 N–H and O–H groups in total. The molecule has 1 unspecified atom stereocenters. The van der Waals surface area contributed by atoms with Crippen LogP contribution in [0.3, 0.4) is 0 Å². The van der Waals surface area contributed by atoms with E-state index >= 15 is 0 Å². The molecule has 5 nitrogen and oxygen atoms in total. The molecule has 1 atom stereocenters. The Kier molecular flexibility index (Phi) is 5.56. The van der Waals surface area contributed by atoms with Crippen molar-refractivity contribution in [1.82, 2.24) is 9.88 Å². The number of carboxylic acid groups (broad SMARTS) is 1. The van der Waals surface area contributed by atoms with Crippen LogP contribution in [0.15, 0.2) is 70.7 Å². The van der Waals surface area contributed by atoms with Gasteiger partial charge in [-0.05, 0) is 55.4 Å². The van der Waals surface area contributed by atoms with Crippen molar-refractivity contribution in [2.45, 2.75) is 29.3 Å². The first-order valence-electron chi connectivity index (χ1n) is 9.50. The number of aryl methyl sites for hydroxylation is 1. The molecule has 0 spiro atoms. The van der Waals surface area contributed by atoms with Gasteiger partial charge in [0.1, 0.15) is 0 Å². The second-order valence-electron chi connectivity index (χ2n) is 7.31. The summed E-state index contributed by atoms with van der Waals surface area (Å²) in [6, 6.07) is 16.9. The zero-order valence-corrected chi connectivity index (χ0v) is 17.2. The smallest absolute Gasteiger partial charge is 0.337 e. The number of aromatic carboxylic acids is 1. The summed E-state index contributed by atoms with van der Waals surface area (Å²) in [4.78, 5) is 20.2. The lowest BCUT2D eigenvalue weighted by Crippen LogP contribution is -2.24. The van der Waals surface area contributed by atoms with E-state index in [0.29, 0.717) is 12.2 Å². The number of hydrogen-bond donors (Lipinski definition) is 2. The molecular formula is C23H23N3O2S. The van der Waals surface area contributed by atoms with Gasteiger partial charge in [-0.3, -0.25) is 9.88 Å². The summed E-state index contributed by atoms with van der Waals surface area (Å²) in [5.41, 5.74) is 4.66. The Hall–Kier alpha value is -2.83. The largest absolute Gasteiger partial charge is 0.478 e. The zero-order chi connectivity index (χ0) is 20.4. The normalized spacial score (nSPS) is 15.9. The fourth-order valence-electron chi connectivity index (χ4n) is 3.66. The van der Waals surface area contributed by atoms with E-state index in [2.05, 4.69) is 71.6 Å². The van der Waals surface area contributed by atoms with Crippen molar-refractivity contribution in [1.29, 1.82) is 0 Å². The number of benzene rings is 2. The minimum atomic E-state index is -0.951. The summed E-state index contributed by atoms with van der Waals surface area (Å²) in [5, 5.41) is 12.6. The number of anilines is 1. The lowest BCUT2D eigenvalue weighted by Gasteiger charge is -2.22. The van der Waals surface area contributed by atoms with E-state index in [-0.39, 0.29) is 11.6 Å². The predicted molar refractivity (Wildman–Crippen MR) is 116 cm³/mol. The van der Waals surface area contributed by atoms with Crippen LogP contribution < -0.4 is 5.32 Å². The quantitative estimate of drug-likeness (QED) is 0.612. The van der Waals surface area contributed by atoms with Gasteiger partial charge in [0.05, 0.1) is 23.5 Å². The highest BCUT2D eigenvalue weighted by Gasteiger charge is 2.27. The van der Waals surface area contributed by atoms with Crippen LogP contribution in [-0.2, 0) is 6.54 Å². The molecule has 0 amide bonds. The molecule has 1 aliphatic heterocycles. The first-order chi connectivity index (χ1) is 14.0. The summed E-state index contributed by atoms with van der Waals surface area (Å²) in [6.07, 6.45) is 3.07. The average Bonchev–Trinajstić information content (AvgIpc) is 3.02. The molecule has 0 fully saturated rings. The van der Waals surface area contributed by atoms with Gasteiger partial charge in [0.25, 0.3) is 0 Å². The minimum absolute atomic E-state index is 0.185. The lowest BCUT2D eigenvalue weighted by atomic mass is 10.0. The molecular weight excluding hydrogens is 382 g/mol. The molecule has 2 heterocycles. The molecule has 3 aromatic rings. The third kappa shape index (κ3) is 4.28. The van der Waals surface area contributed by atoms with Crippen LogP contribution in [0.4, 0.5) is 5.69 Å². The van der Waals surface area contributed by atoms with E-state index in [4.69, 9.17) is 0 Å². The van der Waals surface area contributed by atoms with E-state index in [1.54, 1.807) is 18.0 Å². The molecule has 1 aliphatic rings. The average molecular weight is 406 g/mol. The highest BCUT2D eigenvalue weighted by molar-refractivity contribution is 7.99. The predicted octanol–water partition coefficient (Wildman–Crippen LogP) is 4.84. The van der Waals surface area contributed by atoms with E-state index in [0.717, 1.165) is 6.54 Å². The van der Waals surface area contributed by atoms with E-state index in [1.807, 2.05) is 0 Å². The molecule has 29 heavy (non-hydrogen) atoms. The molecule has 0 saturated carbocycles. The SMILES string of the molecule is Cc1ccc(Sc2ccc3c(c2)CN(C)C3CNc2cnccc2C(=O)O)cc1. The van der Waals surface area contributed by atoms with E-state index in [9.17, 15) is 9.90 Å². The second kappa shape index (κ2) is 8.27. The molecule has 1 aromatic heterocycles. The molecule has 0 bridgehead atoms. The van der Waals surface area contributed by atoms with Gasteiger partial charge in [0, 0.05) is 29.1 Å². The number of rotatable bonds is 6. The van der Waals surface area contributed by atoms with Crippen molar-refractivity contribution in [2.75, 3.05) is 18.9 Å². The van der Waals surface area contributed by atoms with Crippen LogP contribution in [-0.4, -0.2) is 34.6 Å². The lowest BCUT2D eigenvalue weighted by molar-refractivity contribution is 0.0697. The minimum Gasteiger partial charge on any atom is -0.478 e. The van der Waals surface area contributed by atoms with Crippen LogP contribution in [0.2, 0.25) is 0 Å². The highest BCUT2D eigenvalue weighted by Crippen LogP contribution is 2.37. The number of fused-ring (bicyclic) bond motifs is 1. The van der Waals surface area contributed by atoms with Crippen molar-refractivity contribution >= 4 is 23.4 Å². The molecule has 0 aliphatic carbocycles. The summed E-state index contributed by atoms with van der Waals surface area (Å²) in [5.74, 6) is -0.951. The van der Waals surface area contributed by atoms with Crippen LogP contribution in [0.25, 0.3) is 0 Å². The van der Waals surface area contributed by atoms with Crippen LogP contribution in [0.5, 0.6) is 0 Å². The fourth-order valence-corrected chi connectivity index (χ4v) is 4.54. The number of hydrogen-bond acceptors (Lipinski definition) is 5. The van der Waals surface area contributed by atoms with E-state index < -0.39 is 5.97 Å². The van der Waals surface area contributed by atoms with Crippen LogP contribution >= 0.6 is 11.8 Å². The van der Waals surface area contributed by atoms with Crippen molar-refractivity contribution < 1.29 is 9.90 Å².